The molecule has 1 aliphatic heterocycles. The number of nitrogens with zero attached hydrogens (tertiary/aromatic N) is 1. The monoisotopic (exact) mass is 272 g/mol. The second kappa shape index (κ2) is 8.87. The van der Waals surface area contributed by atoms with Crippen LogP contribution in [0.25, 0.3) is 0 Å². The van der Waals surface area contributed by atoms with Crippen LogP contribution >= 0.6 is 0 Å². The van der Waals surface area contributed by atoms with Crippen molar-refractivity contribution < 1.29 is 19.4 Å². The van der Waals surface area contributed by atoms with Crippen LogP contribution in [0.15, 0.2) is 0 Å². The van der Waals surface area contributed by atoms with Crippen molar-refractivity contribution in [3.8, 4) is 0 Å². The Morgan fingerprint density at radius 2 is 2.05 bits per heavy atom. The van der Waals surface area contributed by atoms with Crippen LogP contribution in [-0.2, 0) is 14.3 Å². The molecule has 0 bridgehead atoms. The van der Waals surface area contributed by atoms with Crippen molar-refractivity contribution in [1.82, 2.24) is 10.2 Å². The summed E-state index contributed by atoms with van der Waals surface area (Å²) >= 11 is 0. The first-order chi connectivity index (χ1) is 9.19. The summed E-state index contributed by atoms with van der Waals surface area (Å²) in [5, 5.41) is 11.5. The molecule has 6 nitrogen and oxygen atoms in total. The second-order valence-electron chi connectivity index (χ2n) is 4.66. The molecule has 1 rings (SSSR count). The summed E-state index contributed by atoms with van der Waals surface area (Å²) in [7, 11) is 0. The van der Waals surface area contributed by atoms with E-state index < -0.39 is 0 Å². The van der Waals surface area contributed by atoms with Gasteiger partial charge in [-0.15, -0.1) is 0 Å². The smallest absolute Gasteiger partial charge is 0.248 e. The Balaban J connectivity index is 2.24. The van der Waals surface area contributed by atoms with Crippen LogP contribution in [0.2, 0.25) is 0 Å². The van der Waals surface area contributed by atoms with Gasteiger partial charge in [0.15, 0.2) is 0 Å². The summed E-state index contributed by atoms with van der Waals surface area (Å²) in [5.74, 6) is 0.0150. The summed E-state index contributed by atoms with van der Waals surface area (Å²) in [5.41, 5.74) is 0. The fourth-order valence-electron chi connectivity index (χ4n) is 2.11. The van der Waals surface area contributed by atoms with Crippen LogP contribution in [0.1, 0.15) is 26.2 Å². The molecular formula is C13H24N2O4. The predicted octanol–water partition coefficient (Wildman–Crippen LogP) is -0.240. The van der Waals surface area contributed by atoms with Crippen molar-refractivity contribution >= 4 is 11.8 Å². The van der Waals surface area contributed by atoms with Gasteiger partial charge < -0.3 is 20.1 Å². The van der Waals surface area contributed by atoms with Gasteiger partial charge in [0, 0.05) is 38.8 Å². The zero-order chi connectivity index (χ0) is 14.1. The molecule has 19 heavy (non-hydrogen) atoms. The molecule has 0 unspecified atom stereocenters. The van der Waals surface area contributed by atoms with Crippen LogP contribution in [0.3, 0.4) is 0 Å². The van der Waals surface area contributed by atoms with Crippen LogP contribution in [0, 0.1) is 5.92 Å². The van der Waals surface area contributed by atoms with E-state index in [0.29, 0.717) is 45.5 Å². The Kier molecular flexibility index (Phi) is 7.43. The van der Waals surface area contributed by atoms with Gasteiger partial charge in [0.05, 0.1) is 0 Å². The molecule has 6 heteroatoms. The number of hydrogen-bond acceptors (Lipinski definition) is 4. The van der Waals surface area contributed by atoms with E-state index in [-0.39, 0.29) is 30.9 Å². The molecule has 2 amide bonds. The van der Waals surface area contributed by atoms with Gasteiger partial charge in [0.2, 0.25) is 11.8 Å². The fourth-order valence-corrected chi connectivity index (χ4v) is 2.11. The number of rotatable bonds is 7. The quantitative estimate of drug-likeness (QED) is 0.627. The second-order valence-corrected chi connectivity index (χ2v) is 4.66. The minimum atomic E-state index is -0.0187. The maximum atomic E-state index is 11.8. The Labute approximate surface area is 114 Å². The number of hydrogen-bond donors (Lipinski definition) is 2. The number of carbonyl (C=O) groups excluding carboxylic acids is 2. The van der Waals surface area contributed by atoms with Gasteiger partial charge in [-0.25, -0.2) is 0 Å². The van der Waals surface area contributed by atoms with Gasteiger partial charge in [-0.2, -0.15) is 0 Å². The number of aliphatic hydroxyl groups excluding tert-OH is 1. The lowest BCUT2D eigenvalue weighted by Gasteiger charge is -2.31. The van der Waals surface area contributed by atoms with Gasteiger partial charge in [-0.3, -0.25) is 9.59 Å². The summed E-state index contributed by atoms with van der Waals surface area (Å²) in [6, 6.07) is 0. The molecule has 0 aliphatic carbocycles. The fraction of sp³-hybridized carbons (Fsp3) is 0.846. The lowest BCUT2D eigenvalue weighted by molar-refractivity contribution is -0.139. The maximum Gasteiger partial charge on any atom is 0.248 e. The van der Waals surface area contributed by atoms with E-state index in [1.165, 1.54) is 0 Å². The van der Waals surface area contributed by atoms with Crippen LogP contribution in [-0.4, -0.2) is 61.3 Å². The third kappa shape index (κ3) is 5.57. The standard InChI is InChI=1S/C13H24N2O4/c1-2-19-10-12(17)15-7-4-11(5-8-15)13(18)14-6-3-9-16/h11,16H,2-10H2,1H3,(H,14,18). The molecule has 1 saturated heterocycles. The Morgan fingerprint density at radius 1 is 1.37 bits per heavy atom. The minimum absolute atomic E-state index is 0.000915. The van der Waals surface area contributed by atoms with Gasteiger partial charge >= 0.3 is 0 Å². The number of nitrogens with one attached hydrogen (secondary N) is 1. The first kappa shape index (κ1) is 15.9. The molecule has 0 aromatic rings. The maximum absolute atomic E-state index is 11.8. The highest BCUT2D eigenvalue weighted by Crippen LogP contribution is 2.17. The molecule has 0 spiro atoms. The molecule has 0 aromatic carbocycles. The summed E-state index contributed by atoms with van der Waals surface area (Å²) in [4.78, 5) is 25.3. The average molecular weight is 272 g/mol. The van der Waals surface area contributed by atoms with Crippen molar-refractivity contribution in [2.45, 2.75) is 26.2 Å². The van der Waals surface area contributed by atoms with Crippen molar-refractivity contribution in [2.75, 3.05) is 39.5 Å². The van der Waals surface area contributed by atoms with Crippen molar-refractivity contribution in [3.63, 3.8) is 0 Å². The van der Waals surface area contributed by atoms with E-state index in [0.717, 1.165) is 0 Å². The molecule has 0 aromatic heterocycles. The highest BCUT2D eigenvalue weighted by atomic mass is 16.5. The minimum Gasteiger partial charge on any atom is -0.396 e. The molecule has 1 aliphatic rings. The van der Waals surface area contributed by atoms with Crippen molar-refractivity contribution in [1.29, 1.82) is 0 Å². The van der Waals surface area contributed by atoms with Crippen LogP contribution in [0.5, 0.6) is 0 Å². The lowest BCUT2D eigenvalue weighted by atomic mass is 9.96. The van der Waals surface area contributed by atoms with Crippen molar-refractivity contribution in [2.24, 2.45) is 5.92 Å². The molecule has 1 heterocycles. The zero-order valence-electron chi connectivity index (χ0n) is 11.6. The summed E-state index contributed by atoms with van der Waals surface area (Å²) < 4.78 is 5.09. The molecule has 0 atom stereocenters. The predicted molar refractivity (Wildman–Crippen MR) is 70.5 cm³/mol. The lowest BCUT2D eigenvalue weighted by Crippen LogP contribution is -2.44. The van der Waals surface area contributed by atoms with E-state index in [4.69, 9.17) is 9.84 Å². The Hall–Kier alpha value is -1.14. The van der Waals surface area contributed by atoms with E-state index >= 15 is 0 Å². The largest absolute Gasteiger partial charge is 0.396 e. The zero-order valence-corrected chi connectivity index (χ0v) is 11.6. The van der Waals surface area contributed by atoms with Crippen molar-refractivity contribution in [3.05, 3.63) is 0 Å². The molecule has 110 valence electrons. The Bertz CT molecular complexity index is 288. The van der Waals surface area contributed by atoms with Gasteiger partial charge in [0.25, 0.3) is 0 Å². The first-order valence-electron chi connectivity index (χ1n) is 6.93. The third-order valence-electron chi connectivity index (χ3n) is 3.28. The third-order valence-corrected chi connectivity index (χ3v) is 3.28. The SMILES string of the molecule is CCOCC(=O)N1CCC(C(=O)NCCCO)CC1. The summed E-state index contributed by atoms with van der Waals surface area (Å²) in [6.45, 7) is 4.35. The highest BCUT2D eigenvalue weighted by molar-refractivity contribution is 5.80. The number of aliphatic hydroxyl groups is 1. The number of piperidine rings is 1. The Morgan fingerprint density at radius 3 is 2.63 bits per heavy atom. The average Bonchev–Trinajstić information content (AvgIpc) is 2.45. The highest BCUT2D eigenvalue weighted by Gasteiger charge is 2.26. The van der Waals surface area contributed by atoms with Crippen LogP contribution in [0.4, 0.5) is 0 Å². The molecule has 0 saturated carbocycles. The first-order valence-corrected chi connectivity index (χ1v) is 6.93. The van der Waals surface area contributed by atoms with E-state index in [1.807, 2.05) is 6.92 Å². The summed E-state index contributed by atoms with van der Waals surface area (Å²) in [6.07, 6.45) is 1.98. The van der Waals surface area contributed by atoms with E-state index in [2.05, 4.69) is 5.32 Å². The number of likely N-dealkylation sites (tertiary alicyclic amines) is 1. The number of amides is 2. The molecule has 2 N–H and O–H groups in total. The number of ether oxygens (including phenoxy) is 1. The van der Waals surface area contributed by atoms with E-state index in [9.17, 15) is 9.59 Å². The van der Waals surface area contributed by atoms with Gasteiger partial charge in [-0.05, 0) is 26.2 Å². The topological polar surface area (TPSA) is 78.9 Å². The normalized spacial score (nSPS) is 16.4. The molecular weight excluding hydrogens is 248 g/mol. The van der Waals surface area contributed by atoms with Crippen LogP contribution < -0.4 is 5.32 Å². The van der Waals surface area contributed by atoms with E-state index in [1.54, 1.807) is 4.90 Å². The van der Waals surface area contributed by atoms with Gasteiger partial charge in [-0.1, -0.05) is 0 Å². The molecule has 0 radical (unpaired) electrons. The molecule has 1 fully saturated rings. The number of carbonyl (C=O) groups is 2. The van der Waals surface area contributed by atoms with Gasteiger partial charge in [0.1, 0.15) is 6.61 Å².